The van der Waals surface area contributed by atoms with Crippen molar-refractivity contribution in [1.82, 2.24) is 9.29 Å². The summed E-state index contributed by atoms with van der Waals surface area (Å²) in [7, 11) is -3.40. The maximum Gasteiger partial charge on any atom is 0.244 e. The van der Waals surface area contributed by atoms with Gasteiger partial charge in [0.2, 0.25) is 10.0 Å². The number of ether oxygens (including phenoxy) is 1. The Balaban J connectivity index is 1.52. The highest BCUT2D eigenvalue weighted by atomic mass is 32.2. The maximum atomic E-state index is 12.4. The maximum absolute atomic E-state index is 12.4. The molecule has 1 aliphatic rings. The van der Waals surface area contributed by atoms with Gasteiger partial charge >= 0.3 is 0 Å². The number of nitrogens with one attached hydrogen (secondary N) is 1. The second kappa shape index (κ2) is 7.84. The molecule has 1 fully saturated rings. The normalized spacial score (nSPS) is 15.2. The van der Waals surface area contributed by atoms with Gasteiger partial charge in [0.15, 0.2) is 0 Å². The van der Waals surface area contributed by atoms with Crippen LogP contribution in [0.1, 0.15) is 18.4 Å². The van der Waals surface area contributed by atoms with Gasteiger partial charge in [-0.3, -0.25) is 0 Å². The van der Waals surface area contributed by atoms with Crippen LogP contribution in [0.4, 0.5) is 5.82 Å². The topological polar surface area (TPSA) is 71.5 Å². The molecule has 1 N–H and O–H groups in total. The first-order valence-electron chi connectivity index (χ1n) is 8.46. The van der Waals surface area contributed by atoms with Gasteiger partial charge in [-0.25, -0.2) is 13.4 Å². The third-order valence-corrected chi connectivity index (χ3v) is 6.08. The average Bonchev–Trinajstić information content (AvgIpc) is 3.16. The number of hydrogen-bond donors (Lipinski definition) is 1. The number of aryl methyl sites for hydroxylation is 1. The van der Waals surface area contributed by atoms with Crippen molar-refractivity contribution in [2.45, 2.75) is 24.7 Å². The van der Waals surface area contributed by atoms with E-state index >= 15 is 0 Å². The van der Waals surface area contributed by atoms with Crippen molar-refractivity contribution in [3.8, 4) is 5.75 Å². The van der Waals surface area contributed by atoms with Gasteiger partial charge in [-0.15, -0.1) is 0 Å². The first-order valence-corrected chi connectivity index (χ1v) is 9.90. The van der Waals surface area contributed by atoms with Crippen LogP contribution in [0.3, 0.4) is 0 Å². The van der Waals surface area contributed by atoms with Gasteiger partial charge in [0, 0.05) is 19.3 Å². The third kappa shape index (κ3) is 4.29. The Labute approximate surface area is 148 Å². The molecule has 1 saturated heterocycles. The molecule has 1 aliphatic heterocycles. The highest BCUT2D eigenvalue weighted by Gasteiger charge is 2.27. The van der Waals surface area contributed by atoms with Gasteiger partial charge in [-0.1, -0.05) is 18.2 Å². The van der Waals surface area contributed by atoms with Gasteiger partial charge in [-0.2, -0.15) is 4.31 Å². The lowest BCUT2D eigenvalue weighted by Crippen LogP contribution is -2.28. The van der Waals surface area contributed by atoms with E-state index in [1.165, 1.54) is 10.5 Å². The molecule has 7 heteroatoms. The van der Waals surface area contributed by atoms with Crippen LogP contribution in [0.25, 0.3) is 0 Å². The molecule has 134 valence electrons. The first kappa shape index (κ1) is 17.7. The molecule has 0 unspecified atom stereocenters. The van der Waals surface area contributed by atoms with Gasteiger partial charge in [0.25, 0.3) is 0 Å². The Kier molecular flexibility index (Phi) is 5.55. The number of para-hydroxylation sites is 1. The number of sulfonamides is 1. The molecular weight excluding hydrogens is 338 g/mol. The van der Waals surface area contributed by atoms with E-state index in [0.29, 0.717) is 32.1 Å². The quantitative estimate of drug-likeness (QED) is 0.768. The summed E-state index contributed by atoms with van der Waals surface area (Å²) in [5.41, 5.74) is 1.09. The predicted octanol–water partition coefficient (Wildman–Crippen LogP) is 2.67. The van der Waals surface area contributed by atoms with E-state index in [1.807, 2.05) is 31.2 Å². The van der Waals surface area contributed by atoms with E-state index in [2.05, 4.69) is 10.3 Å². The molecule has 0 bridgehead atoms. The van der Waals surface area contributed by atoms with Crippen LogP contribution in [0.2, 0.25) is 0 Å². The van der Waals surface area contributed by atoms with Crippen molar-refractivity contribution in [1.29, 1.82) is 0 Å². The number of nitrogens with zero attached hydrogens (tertiary/aromatic N) is 2. The fraction of sp³-hybridized carbons (Fsp3) is 0.389. The molecular formula is C18H23N3O3S. The molecule has 2 heterocycles. The second-order valence-electron chi connectivity index (χ2n) is 6.03. The molecule has 0 amide bonds. The smallest absolute Gasteiger partial charge is 0.244 e. The first-order chi connectivity index (χ1) is 12.1. The Morgan fingerprint density at radius 2 is 1.92 bits per heavy atom. The summed E-state index contributed by atoms with van der Waals surface area (Å²) in [6.07, 6.45) is 3.26. The molecule has 1 aromatic heterocycles. The molecule has 2 aromatic rings. The van der Waals surface area contributed by atoms with Crippen LogP contribution in [0, 0.1) is 6.92 Å². The molecule has 6 nitrogen and oxygen atoms in total. The summed E-state index contributed by atoms with van der Waals surface area (Å²) in [5.74, 6) is 1.50. The number of benzene rings is 1. The largest absolute Gasteiger partial charge is 0.491 e. The average molecular weight is 361 g/mol. The summed E-state index contributed by atoms with van der Waals surface area (Å²) < 4.78 is 32.1. The zero-order valence-corrected chi connectivity index (χ0v) is 15.1. The highest BCUT2D eigenvalue weighted by Crippen LogP contribution is 2.21. The SMILES string of the molecule is Cc1ccccc1OCCNc1ccc(S(=O)(=O)N2CCCC2)cn1. The zero-order valence-electron chi connectivity index (χ0n) is 14.3. The standard InChI is InChI=1S/C18H23N3O3S/c1-15-6-2-3-7-17(15)24-13-10-19-18-9-8-16(14-20-18)25(22,23)21-11-4-5-12-21/h2-3,6-9,14H,4-5,10-13H2,1H3,(H,19,20). The molecule has 0 atom stereocenters. The number of aromatic nitrogens is 1. The minimum Gasteiger partial charge on any atom is -0.491 e. The summed E-state index contributed by atoms with van der Waals surface area (Å²) in [5, 5.41) is 3.14. The van der Waals surface area contributed by atoms with Gasteiger partial charge in [0.1, 0.15) is 23.1 Å². The molecule has 0 spiro atoms. The van der Waals surface area contributed by atoms with E-state index in [4.69, 9.17) is 4.74 Å². The van der Waals surface area contributed by atoms with E-state index < -0.39 is 10.0 Å². The summed E-state index contributed by atoms with van der Waals surface area (Å²) in [4.78, 5) is 4.45. The second-order valence-corrected chi connectivity index (χ2v) is 7.97. The van der Waals surface area contributed by atoms with Crippen molar-refractivity contribution < 1.29 is 13.2 Å². The van der Waals surface area contributed by atoms with E-state index in [9.17, 15) is 8.42 Å². The van der Waals surface area contributed by atoms with Crippen LogP contribution in [-0.4, -0.2) is 43.9 Å². The van der Waals surface area contributed by atoms with Crippen molar-refractivity contribution >= 4 is 15.8 Å². The van der Waals surface area contributed by atoms with Crippen LogP contribution in [0.15, 0.2) is 47.5 Å². The third-order valence-electron chi connectivity index (χ3n) is 4.20. The van der Waals surface area contributed by atoms with Gasteiger partial charge < -0.3 is 10.1 Å². The monoisotopic (exact) mass is 361 g/mol. The Hall–Kier alpha value is -2.12. The molecule has 25 heavy (non-hydrogen) atoms. The van der Waals surface area contributed by atoms with Crippen LogP contribution in [0.5, 0.6) is 5.75 Å². The molecule has 0 aliphatic carbocycles. The molecule has 0 saturated carbocycles. The van der Waals surface area contributed by atoms with Crippen LogP contribution >= 0.6 is 0 Å². The van der Waals surface area contributed by atoms with Gasteiger partial charge in [0.05, 0.1) is 6.54 Å². The summed E-state index contributed by atoms with van der Waals surface area (Å²) in [6.45, 7) is 4.28. The number of hydrogen-bond acceptors (Lipinski definition) is 5. The lowest BCUT2D eigenvalue weighted by Gasteiger charge is -2.15. The molecule has 1 aromatic carbocycles. The van der Waals surface area contributed by atoms with E-state index in [-0.39, 0.29) is 4.90 Å². The Bertz CT molecular complexity index is 801. The fourth-order valence-electron chi connectivity index (χ4n) is 2.77. The fourth-order valence-corrected chi connectivity index (χ4v) is 4.24. The van der Waals surface area contributed by atoms with Crippen molar-refractivity contribution in [2.24, 2.45) is 0 Å². The summed E-state index contributed by atoms with van der Waals surface area (Å²) >= 11 is 0. The molecule has 0 radical (unpaired) electrons. The summed E-state index contributed by atoms with van der Waals surface area (Å²) in [6, 6.07) is 11.1. The number of pyridine rings is 1. The Morgan fingerprint density at radius 3 is 2.60 bits per heavy atom. The lowest BCUT2D eigenvalue weighted by molar-refractivity contribution is 0.330. The number of rotatable bonds is 7. The van der Waals surface area contributed by atoms with Crippen LogP contribution in [-0.2, 0) is 10.0 Å². The molecule has 3 rings (SSSR count). The number of anilines is 1. The zero-order chi connectivity index (χ0) is 17.7. The van der Waals surface area contributed by atoms with E-state index in [1.54, 1.807) is 12.1 Å². The van der Waals surface area contributed by atoms with Crippen LogP contribution < -0.4 is 10.1 Å². The predicted molar refractivity (Wildman–Crippen MR) is 97.4 cm³/mol. The lowest BCUT2D eigenvalue weighted by atomic mass is 10.2. The minimum atomic E-state index is -3.40. The highest BCUT2D eigenvalue weighted by molar-refractivity contribution is 7.89. The van der Waals surface area contributed by atoms with Crippen molar-refractivity contribution in [3.05, 3.63) is 48.2 Å². The van der Waals surface area contributed by atoms with E-state index in [0.717, 1.165) is 24.2 Å². The Morgan fingerprint density at radius 1 is 1.16 bits per heavy atom. The van der Waals surface area contributed by atoms with Crippen molar-refractivity contribution in [2.75, 3.05) is 31.6 Å². The minimum absolute atomic E-state index is 0.246. The van der Waals surface area contributed by atoms with Gasteiger partial charge in [-0.05, 0) is 43.5 Å². The van der Waals surface area contributed by atoms with Crippen molar-refractivity contribution in [3.63, 3.8) is 0 Å².